The maximum Gasteiger partial charge on any atom is 0.338 e. The summed E-state index contributed by atoms with van der Waals surface area (Å²) in [6.45, 7) is 9.35. The van der Waals surface area contributed by atoms with Gasteiger partial charge in [-0.1, -0.05) is 18.2 Å². The van der Waals surface area contributed by atoms with E-state index in [9.17, 15) is 4.79 Å². The first-order chi connectivity index (χ1) is 14.0. The summed E-state index contributed by atoms with van der Waals surface area (Å²) >= 11 is 0. The molecule has 0 N–H and O–H groups in total. The molecule has 0 saturated carbocycles. The van der Waals surface area contributed by atoms with Gasteiger partial charge in [0.15, 0.2) is 23.5 Å². The topological polar surface area (TPSA) is 81.7 Å². The first kappa shape index (κ1) is 21.7. The summed E-state index contributed by atoms with van der Waals surface area (Å²) in [5.41, 5.74) is -0.879. The molecule has 30 heavy (non-hydrogen) atoms. The van der Waals surface area contributed by atoms with E-state index in [2.05, 4.69) is 0 Å². The molecule has 166 valence electrons. The van der Waals surface area contributed by atoms with Crippen molar-refractivity contribution >= 4 is 5.97 Å². The first-order valence-corrected chi connectivity index (χ1v) is 10.2. The molecular weight excluding hydrogens is 392 g/mol. The minimum Gasteiger partial charge on any atom is -0.447 e. The van der Waals surface area contributed by atoms with Gasteiger partial charge in [0.25, 0.3) is 0 Å². The predicted molar refractivity (Wildman–Crippen MR) is 105 cm³/mol. The molecular formula is C22H30O8. The van der Waals surface area contributed by atoms with Gasteiger partial charge in [-0.25, -0.2) is 4.79 Å². The lowest BCUT2D eigenvalue weighted by Crippen LogP contribution is -2.58. The lowest BCUT2D eigenvalue weighted by atomic mass is 9.90. The third kappa shape index (κ3) is 3.88. The SMILES string of the molecule is CO[C@H]1OC2COC(C)(C)OC2C2OC(C)(C)OC2[C@@]1(C)OC(=O)c1ccccc1. The van der Waals surface area contributed by atoms with E-state index in [1.165, 1.54) is 7.11 Å². The van der Waals surface area contributed by atoms with Crippen molar-refractivity contribution in [3.8, 4) is 0 Å². The van der Waals surface area contributed by atoms with Gasteiger partial charge in [-0.15, -0.1) is 0 Å². The summed E-state index contributed by atoms with van der Waals surface area (Å²) in [6.07, 6.45) is -3.13. The van der Waals surface area contributed by atoms with Crippen molar-refractivity contribution in [1.29, 1.82) is 0 Å². The molecule has 3 fully saturated rings. The summed E-state index contributed by atoms with van der Waals surface area (Å²) < 4.78 is 42.4. The number of carbonyl (C=O) groups is 1. The lowest BCUT2D eigenvalue weighted by molar-refractivity contribution is -0.344. The number of hydrogen-bond acceptors (Lipinski definition) is 8. The molecule has 4 rings (SSSR count). The normalized spacial score (nSPS) is 39.5. The molecule has 0 bridgehead atoms. The number of fused-ring (bicyclic) bond motifs is 3. The van der Waals surface area contributed by atoms with Crippen LogP contribution >= 0.6 is 0 Å². The zero-order chi connectivity index (χ0) is 21.7. The Kier molecular flexibility index (Phi) is 5.45. The Morgan fingerprint density at radius 2 is 1.63 bits per heavy atom. The van der Waals surface area contributed by atoms with Crippen LogP contribution in [0.25, 0.3) is 0 Å². The molecule has 1 aromatic carbocycles. The molecule has 6 atom stereocenters. The lowest BCUT2D eigenvalue weighted by Gasteiger charge is -2.42. The van der Waals surface area contributed by atoms with Crippen LogP contribution in [0, 0.1) is 0 Å². The minimum atomic E-state index is -1.30. The average molecular weight is 422 g/mol. The highest BCUT2D eigenvalue weighted by atomic mass is 16.8. The number of rotatable bonds is 3. The van der Waals surface area contributed by atoms with E-state index in [0.29, 0.717) is 5.56 Å². The Morgan fingerprint density at radius 1 is 0.967 bits per heavy atom. The van der Waals surface area contributed by atoms with Gasteiger partial charge < -0.3 is 33.2 Å². The Hall–Kier alpha value is -1.55. The smallest absolute Gasteiger partial charge is 0.338 e. The molecule has 8 heteroatoms. The first-order valence-electron chi connectivity index (χ1n) is 10.2. The highest BCUT2D eigenvalue weighted by Crippen LogP contribution is 2.46. The van der Waals surface area contributed by atoms with E-state index in [-0.39, 0.29) is 6.61 Å². The van der Waals surface area contributed by atoms with Crippen LogP contribution < -0.4 is 0 Å². The quantitative estimate of drug-likeness (QED) is 0.688. The van der Waals surface area contributed by atoms with E-state index in [1.807, 2.05) is 33.8 Å². The summed E-state index contributed by atoms with van der Waals surface area (Å²) in [6, 6.07) is 8.77. The van der Waals surface area contributed by atoms with E-state index in [0.717, 1.165) is 0 Å². The van der Waals surface area contributed by atoms with Gasteiger partial charge in [0.2, 0.25) is 0 Å². The van der Waals surface area contributed by atoms with Crippen LogP contribution in [-0.2, 0) is 33.2 Å². The zero-order valence-electron chi connectivity index (χ0n) is 18.2. The molecule has 1 aromatic rings. The molecule has 8 nitrogen and oxygen atoms in total. The fourth-order valence-electron chi connectivity index (χ4n) is 4.34. The van der Waals surface area contributed by atoms with Gasteiger partial charge in [-0.3, -0.25) is 0 Å². The number of hydrogen-bond donors (Lipinski definition) is 0. The molecule has 0 amide bonds. The Bertz CT molecular complexity index is 779. The van der Waals surface area contributed by atoms with Crippen LogP contribution in [-0.4, -0.2) is 67.6 Å². The van der Waals surface area contributed by atoms with Crippen molar-refractivity contribution in [3.63, 3.8) is 0 Å². The highest BCUT2D eigenvalue weighted by Gasteiger charge is 2.64. The molecule has 3 aliphatic heterocycles. The van der Waals surface area contributed by atoms with Crippen molar-refractivity contribution in [1.82, 2.24) is 0 Å². The van der Waals surface area contributed by atoms with Gasteiger partial charge in [0, 0.05) is 7.11 Å². The predicted octanol–water partition coefficient (Wildman–Crippen LogP) is 2.64. The zero-order valence-corrected chi connectivity index (χ0v) is 18.2. The van der Waals surface area contributed by atoms with Gasteiger partial charge >= 0.3 is 5.97 Å². The van der Waals surface area contributed by atoms with Crippen LogP contribution in [0.1, 0.15) is 45.0 Å². The van der Waals surface area contributed by atoms with Gasteiger partial charge in [0.1, 0.15) is 24.4 Å². The summed E-state index contributed by atoms with van der Waals surface area (Å²) in [5.74, 6) is -2.21. The molecule has 3 saturated heterocycles. The number of methoxy groups -OCH3 is 1. The van der Waals surface area contributed by atoms with Crippen molar-refractivity contribution in [2.75, 3.05) is 13.7 Å². The van der Waals surface area contributed by atoms with E-state index in [1.54, 1.807) is 31.2 Å². The fraction of sp³-hybridized carbons (Fsp3) is 0.682. The van der Waals surface area contributed by atoms with Crippen LogP contribution in [0.2, 0.25) is 0 Å². The number of ether oxygens (including phenoxy) is 7. The second-order valence-corrected chi connectivity index (χ2v) is 9.00. The number of benzene rings is 1. The fourth-order valence-corrected chi connectivity index (χ4v) is 4.34. The Morgan fingerprint density at radius 3 is 2.30 bits per heavy atom. The van der Waals surface area contributed by atoms with E-state index >= 15 is 0 Å². The summed E-state index contributed by atoms with van der Waals surface area (Å²) in [7, 11) is 1.50. The third-order valence-corrected chi connectivity index (χ3v) is 5.70. The molecule has 0 radical (unpaired) electrons. The standard InChI is InChI=1S/C22H30O8/c1-20(2)25-12-14-15(27-20)16-17(29-21(3,4)28-16)22(5,19(24-6)26-14)30-18(23)13-10-8-7-9-11-13/h7-11,14-17,19H,12H2,1-6H3/t14?,15?,16?,17?,19-,22+/m0/s1. The second kappa shape index (κ2) is 7.55. The van der Waals surface area contributed by atoms with Crippen LogP contribution in [0.3, 0.4) is 0 Å². The maximum absolute atomic E-state index is 13.0. The molecule has 3 aliphatic rings. The van der Waals surface area contributed by atoms with Crippen molar-refractivity contribution in [3.05, 3.63) is 35.9 Å². The van der Waals surface area contributed by atoms with Crippen LogP contribution in [0.15, 0.2) is 30.3 Å². The van der Waals surface area contributed by atoms with E-state index < -0.39 is 53.9 Å². The van der Waals surface area contributed by atoms with Gasteiger partial charge in [0.05, 0.1) is 12.2 Å². The molecule has 0 aromatic heterocycles. The third-order valence-electron chi connectivity index (χ3n) is 5.70. The van der Waals surface area contributed by atoms with Crippen molar-refractivity contribution in [2.24, 2.45) is 0 Å². The largest absolute Gasteiger partial charge is 0.447 e. The van der Waals surface area contributed by atoms with Crippen LogP contribution in [0.5, 0.6) is 0 Å². The maximum atomic E-state index is 13.0. The Balaban J connectivity index is 1.72. The molecule has 3 heterocycles. The molecule has 4 unspecified atom stereocenters. The van der Waals surface area contributed by atoms with Gasteiger partial charge in [-0.2, -0.15) is 0 Å². The van der Waals surface area contributed by atoms with E-state index in [4.69, 9.17) is 33.2 Å². The molecule has 0 aliphatic carbocycles. The monoisotopic (exact) mass is 422 g/mol. The molecule has 0 spiro atoms. The van der Waals surface area contributed by atoms with Gasteiger partial charge in [-0.05, 0) is 46.8 Å². The minimum absolute atomic E-state index is 0.285. The van der Waals surface area contributed by atoms with Crippen molar-refractivity contribution < 1.29 is 38.0 Å². The summed E-state index contributed by atoms with van der Waals surface area (Å²) in [4.78, 5) is 13.0. The summed E-state index contributed by atoms with van der Waals surface area (Å²) in [5, 5.41) is 0. The number of carbonyl (C=O) groups excluding carboxylic acids is 1. The van der Waals surface area contributed by atoms with Crippen molar-refractivity contribution in [2.45, 2.75) is 82.5 Å². The second-order valence-electron chi connectivity index (χ2n) is 9.00. The average Bonchev–Trinajstić information content (AvgIpc) is 2.99. The van der Waals surface area contributed by atoms with Crippen LogP contribution in [0.4, 0.5) is 0 Å². The highest BCUT2D eigenvalue weighted by molar-refractivity contribution is 5.89. The Labute approximate surface area is 176 Å². The number of esters is 1.